The van der Waals surface area contributed by atoms with Crippen LogP contribution in [0.25, 0.3) is 0 Å². The van der Waals surface area contributed by atoms with Gasteiger partial charge in [0, 0.05) is 13.7 Å². The summed E-state index contributed by atoms with van der Waals surface area (Å²) in [5.74, 6) is 5.35. The predicted octanol–water partition coefficient (Wildman–Crippen LogP) is 2.58. The van der Waals surface area contributed by atoms with Gasteiger partial charge in [0.25, 0.3) is 0 Å². The molecule has 1 atom stereocenters. The molecule has 26 heavy (non-hydrogen) atoms. The van der Waals surface area contributed by atoms with Crippen LogP contribution in [0.3, 0.4) is 0 Å². The molecule has 2 aromatic carbocycles. The summed E-state index contributed by atoms with van der Waals surface area (Å²) < 4.78 is 25.5. The molecule has 0 fully saturated rings. The highest BCUT2D eigenvalue weighted by molar-refractivity contribution is 7.52. The number of benzene rings is 2. The Morgan fingerprint density at radius 3 is 2.35 bits per heavy atom. The molecule has 0 saturated heterocycles. The summed E-state index contributed by atoms with van der Waals surface area (Å²) >= 11 is 0. The standard InChI is InChI=1S/C17H22N5O3P/c1-24-26(23,25-16-10-6-3-7-11-16)22(14-20-17(18)21-19)13-12-15-8-4-2-5-9-15/h2-11,14H,12-13,19H2,1H3,(H2,18,21). The lowest BCUT2D eigenvalue weighted by molar-refractivity contribution is 0.279. The first-order valence-electron chi connectivity index (χ1n) is 7.86. The molecule has 2 aromatic rings. The van der Waals surface area contributed by atoms with Gasteiger partial charge in [0.1, 0.15) is 12.1 Å². The third-order valence-electron chi connectivity index (χ3n) is 3.44. The van der Waals surface area contributed by atoms with E-state index in [9.17, 15) is 4.57 Å². The Labute approximate surface area is 152 Å². The number of hydrogen-bond donors (Lipinski definition) is 2. The molecular formula is C17H22N5O3P. The van der Waals surface area contributed by atoms with Crippen LogP contribution in [0.2, 0.25) is 0 Å². The highest BCUT2D eigenvalue weighted by atomic mass is 31.2. The molecule has 0 heterocycles. The molecule has 0 spiro atoms. The summed E-state index contributed by atoms with van der Waals surface area (Å²) in [6, 6.07) is 18.5. The summed E-state index contributed by atoms with van der Waals surface area (Å²) in [6.45, 7) is 0.323. The zero-order valence-corrected chi connectivity index (χ0v) is 15.3. The van der Waals surface area contributed by atoms with Crippen molar-refractivity contribution in [1.29, 1.82) is 0 Å². The van der Waals surface area contributed by atoms with Gasteiger partial charge in [-0.2, -0.15) is 0 Å². The molecule has 8 nitrogen and oxygen atoms in total. The maximum atomic E-state index is 13.3. The van der Waals surface area contributed by atoms with Crippen molar-refractivity contribution >= 4 is 20.0 Å². The van der Waals surface area contributed by atoms with Crippen LogP contribution in [-0.4, -0.2) is 30.6 Å². The van der Waals surface area contributed by atoms with E-state index in [0.717, 1.165) is 5.56 Å². The van der Waals surface area contributed by atoms with E-state index >= 15 is 0 Å². The van der Waals surface area contributed by atoms with E-state index in [1.54, 1.807) is 24.3 Å². The molecule has 0 aromatic heterocycles. The number of nitrogens with two attached hydrogens (primary N) is 2. The first-order chi connectivity index (χ1) is 12.6. The van der Waals surface area contributed by atoms with Crippen LogP contribution in [0, 0.1) is 0 Å². The number of guanidine groups is 1. The van der Waals surface area contributed by atoms with E-state index in [0.29, 0.717) is 18.7 Å². The number of nitrogens with zero attached hydrogens (tertiary/aromatic N) is 3. The van der Waals surface area contributed by atoms with Gasteiger partial charge in [0.15, 0.2) is 0 Å². The molecule has 0 aliphatic carbocycles. The van der Waals surface area contributed by atoms with E-state index in [2.05, 4.69) is 10.1 Å². The van der Waals surface area contributed by atoms with Gasteiger partial charge in [-0.3, -0.25) is 9.19 Å². The number of hydrazone groups is 1. The Bertz CT molecular complexity index is 784. The Morgan fingerprint density at radius 2 is 1.77 bits per heavy atom. The molecule has 0 aliphatic rings. The second-order valence-corrected chi connectivity index (χ2v) is 7.18. The maximum Gasteiger partial charge on any atom is 0.489 e. The van der Waals surface area contributed by atoms with Crippen molar-refractivity contribution in [3.63, 3.8) is 0 Å². The van der Waals surface area contributed by atoms with Crippen molar-refractivity contribution in [3.8, 4) is 5.75 Å². The summed E-state index contributed by atoms with van der Waals surface area (Å²) in [5.41, 5.74) is 6.56. The Morgan fingerprint density at radius 1 is 1.15 bits per heavy atom. The van der Waals surface area contributed by atoms with Crippen LogP contribution in [0.4, 0.5) is 0 Å². The third-order valence-corrected chi connectivity index (χ3v) is 5.27. The molecule has 0 radical (unpaired) electrons. The fourth-order valence-electron chi connectivity index (χ4n) is 2.10. The number of rotatable bonds is 8. The van der Waals surface area contributed by atoms with E-state index in [1.165, 1.54) is 18.1 Å². The lowest BCUT2D eigenvalue weighted by Gasteiger charge is -2.27. The van der Waals surface area contributed by atoms with Crippen molar-refractivity contribution in [2.45, 2.75) is 6.42 Å². The van der Waals surface area contributed by atoms with Gasteiger partial charge in [-0.15, -0.1) is 5.10 Å². The van der Waals surface area contributed by atoms with Gasteiger partial charge in [-0.05, 0) is 24.1 Å². The molecule has 1 unspecified atom stereocenters. The van der Waals surface area contributed by atoms with Gasteiger partial charge in [0.2, 0.25) is 5.96 Å². The normalized spacial score (nSPS) is 14.1. The van der Waals surface area contributed by atoms with Crippen LogP contribution in [0.15, 0.2) is 70.8 Å². The average molecular weight is 375 g/mol. The van der Waals surface area contributed by atoms with Crippen molar-refractivity contribution in [1.82, 2.24) is 4.67 Å². The Hall–Kier alpha value is -2.83. The molecule has 9 heteroatoms. The van der Waals surface area contributed by atoms with Crippen LogP contribution < -0.4 is 16.1 Å². The molecule has 0 saturated carbocycles. The summed E-state index contributed by atoms with van der Waals surface area (Å²) in [7, 11) is -2.39. The molecule has 0 aliphatic heterocycles. The summed E-state index contributed by atoms with van der Waals surface area (Å²) in [4.78, 5) is 3.88. The highest BCUT2D eigenvalue weighted by Gasteiger charge is 2.32. The molecule has 0 bridgehead atoms. The van der Waals surface area contributed by atoms with Gasteiger partial charge in [-0.25, -0.2) is 9.56 Å². The number of aliphatic imine (C=N–C) groups is 1. The lowest BCUT2D eigenvalue weighted by Crippen LogP contribution is -2.26. The topological polar surface area (TPSA) is 116 Å². The molecule has 4 N–H and O–H groups in total. The summed E-state index contributed by atoms with van der Waals surface area (Å²) in [5, 5.41) is 3.27. The first kappa shape index (κ1) is 19.5. The fourth-order valence-corrected chi connectivity index (χ4v) is 3.40. The number of para-hydroxylation sites is 1. The minimum Gasteiger partial charge on any atom is -0.409 e. The predicted molar refractivity (Wildman–Crippen MR) is 103 cm³/mol. The minimum atomic E-state index is -3.70. The van der Waals surface area contributed by atoms with Crippen molar-refractivity contribution in [3.05, 3.63) is 66.2 Å². The smallest absolute Gasteiger partial charge is 0.409 e. The van der Waals surface area contributed by atoms with Crippen molar-refractivity contribution in [2.24, 2.45) is 21.7 Å². The van der Waals surface area contributed by atoms with Crippen LogP contribution >= 0.6 is 7.75 Å². The minimum absolute atomic E-state index is 0.155. The Kier molecular flexibility index (Phi) is 7.20. The van der Waals surface area contributed by atoms with Crippen molar-refractivity contribution in [2.75, 3.05) is 13.7 Å². The van der Waals surface area contributed by atoms with Crippen LogP contribution in [0.1, 0.15) is 5.56 Å². The largest absolute Gasteiger partial charge is 0.489 e. The van der Waals surface area contributed by atoms with E-state index in [4.69, 9.17) is 20.6 Å². The summed E-state index contributed by atoms with van der Waals surface area (Å²) in [6.07, 6.45) is 1.86. The zero-order valence-electron chi connectivity index (χ0n) is 14.4. The van der Waals surface area contributed by atoms with Gasteiger partial charge in [-0.1, -0.05) is 48.5 Å². The monoisotopic (exact) mass is 375 g/mol. The quantitative estimate of drug-likeness (QED) is 0.241. The average Bonchev–Trinajstić information content (AvgIpc) is 2.69. The molecule has 2 rings (SSSR count). The van der Waals surface area contributed by atoms with Gasteiger partial charge in [0.05, 0.1) is 0 Å². The van der Waals surface area contributed by atoms with Crippen LogP contribution in [0.5, 0.6) is 5.75 Å². The van der Waals surface area contributed by atoms with Gasteiger partial charge >= 0.3 is 7.75 Å². The fraction of sp³-hybridized carbons (Fsp3) is 0.176. The maximum absolute atomic E-state index is 13.3. The van der Waals surface area contributed by atoms with Crippen LogP contribution in [-0.2, 0) is 15.5 Å². The zero-order chi connectivity index (χ0) is 18.8. The second kappa shape index (κ2) is 9.60. The van der Waals surface area contributed by atoms with Gasteiger partial charge < -0.3 is 16.1 Å². The first-order valence-corrected chi connectivity index (χ1v) is 9.36. The third kappa shape index (κ3) is 5.61. The van der Waals surface area contributed by atoms with Crippen molar-refractivity contribution < 1.29 is 13.6 Å². The number of hydrogen-bond acceptors (Lipinski definition) is 5. The second-order valence-electron chi connectivity index (χ2n) is 5.19. The molecule has 0 amide bonds. The lowest BCUT2D eigenvalue weighted by atomic mass is 10.1. The SMILES string of the molecule is COP(=O)(Oc1ccccc1)N(C=NC(N)=NN)CCc1ccccc1. The molecular weight excluding hydrogens is 353 g/mol. The highest BCUT2D eigenvalue weighted by Crippen LogP contribution is 2.50. The van der Waals surface area contributed by atoms with E-state index in [1.807, 2.05) is 36.4 Å². The van der Waals surface area contributed by atoms with E-state index in [-0.39, 0.29) is 5.96 Å². The van der Waals surface area contributed by atoms with E-state index < -0.39 is 7.75 Å². The molecule has 138 valence electrons. The Balaban J connectivity index is 2.23.